The Labute approximate surface area is 91.7 Å². The van der Waals surface area contributed by atoms with Gasteiger partial charge in [0.05, 0.1) is 10.6 Å². The Kier molecular flexibility index (Phi) is 2.19. The van der Waals surface area contributed by atoms with Gasteiger partial charge in [0.1, 0.15) is 0 Å². The average Bonchev–Trinajstić information content (AvgIpc) is 2.41. The maximum absolute atomic E-state index is 12.3. The van der Waals surface area contributed by atoms with Crippen LogP contribution in [0, 0.1) is 0 Å². The summed E-state index contributed by atoms with van der Waals surface area (Å²) in [4.78, 5) is 5.33. The molecular weight excluding hydrogens is 206 g/mol. The largest absolute Gasteiger partial charge is 0.263 e. The first-order valence-electron chi connectivity index (χ1n) is 5.16. The van der Waals surface area contributed by atoms with E-state index in [-0.39, 0.29) is 5.41 Å². The van der Waals surface area contributed by atoms with E-state index < -0.39 is 9.52 Å². The molecule has 0 spiro atoms. The summed E-state index contributed by atoms with van der Waals surface area (Å²) in [5.41, 5.74) is 2.07. The first-order chi connectivity index (χ1) is 6.82. The van der Waals surface area contributed by atoms with Gasteiger partial charge in [0.15, 0.2) is 0 Å². The van der Waals surface area contributed by atoms with Gasteiger partial charge in [-0.15, -0.1) is 0 Å². The zero-order valence-corrected chi connectivity index (χ0v) is 10.4. The number of rotatable bonds is 0. The van der Waals surface area contributed by atoms with Crippen LogP contribution in [0.2, 0.25) is 0 Å². The molecule has 0 aromatic carbocycles. The molecule has 82 valence electrons. The second-order valence-corrected chi connectivity index (χ2v) is 7.60. The molecule has 0 bridgehead atoms. The van der Waals surface area contributed by atoms with Crippen molar-refractivity contribution in [1.82, 2.24) is 4.98 Å². The number of fused-ring (bicyclic) bond motifs is 1. The van der Waals surface area contributed by atoms with Crippen LogP contribution in [0.4, 0.5) is 0 Å². The van der Waals surface area contributed by atoms with Gasteiger partial charge < -0.3 is 0 Å². The first kappa shape index (κ1) is 10.7. The van der Waals surface area contributed by atoms with Gasteiger partial charge in [-0.1, -0.05) is 20.8 Å². The first-order valence-corrected chi connectivity index (χ1v) is 7.05. The highest BCUT2D eigenvalue weighted by atomic mass is 32.2. The van der Waals surface area contributed by atoms with E-state index in [4.69, 9.17) is 0 Å². The standard InChI is InChI=1S/C12H17NOS/c1-12(2,3)11-10-9(5-7-13-11)6-8-15(10,4)14/h5,7H,4,6,8H2,1-3H3. The third kappa shape index (κ3) is 1.69. The summed E-state index contributed by atoms with van der Waals surface area (Å²) in [6.07, 6.45) is 2.70. The lowest BCUT2D eigenvalue weighted by Crippen LogP contribution is -2.18. The number of nitrogens with zero attached hydrogens (tertiary/aromatic N) is 1. The average molecular weight is 223 g/mol. The smallest absolute Gasteiger partial charge is 0.0614 e. The Bertz CT molecular complexity index is 495. The number of hydrogen-bond acceptors (Lipinski definition) is 2. The van der Waals surface area contributed by atoms with Crippen molar-refractivity contribution >= 4 is 15.4 Å². The van der Waals surface area contributed by atoms with Crippen molar-refractivity contribution in [2.45, 2.75) is 37.5 Å². The summed E-state index contributed by atoms with van der Waals surface area (Å²) in [6.45, 7) is 6.30. The highest BCUT2D eigenvalue weighted by Crippen LogP contribution is 2.34. The number of hydrogen-bond donors (Lipinski definition) is 0. The lowest BCUT2D eigenvalue weighted by atomic mass is 9.90. The molecule has 0 saturated heterocycles. The molecule has 1 aliphatic heterocycles. The fourth-order valence-corrected chi connectivity index (χ4v) is 4.12. The predicted molar refractivity (Wildman–Crippen MR) is 65.0 cm³/mol. The minimum atomic E-state index is -2.08. The molecule has 1 atom stereocenters. The van der Waals surface area contributed by atoms with Gasteiger partial charge in [0.25, 0.3) is 0 Å². The Hall–Kier alpha value is -0.830. The normalized spacial score (nSPS) is 25.3. The van der Waals surface area contributed by atoms with Crippen LogP contribution < -0.4 is 0 Å². The van der Waals surface area contributed by atoms with E-state index in [1.165, 1.54) is 5.56 Å². The summed E-state index contributed by atoms with van der Waals surface area (Å²) in [6, 6.07) is 1.97. The van der Waals surface area contributed by atoms with Crippen LogP contribution >= 0.6 is 0 Å². The second kappa shape index (κ2) is 3.08. The van der Waals surface area contributed by atoms with Gasteiger partial charge in [-0.25, -0.2) is 0 Å². The number of aromatic nitrogens is 1. The number of aryl methyl sites for hydroxylation is 1. The highest BCUT2D eigenvalue weighted by Gasteiger charge is 2.30. The maximum Gasteiger partial charge on any atom is 0.0614 e. The van der Waals surface area contributed by atoms with E-state index >= 15 is 0 Å². The molecule has 1 aromatic rings. The molecule has 0 fully saturated rings. The quantitative estimate of drug-likeness (QED) is 0.630. The monoisotopic (exact) mass is 223 g/mol. The Morgan fingerprint density at radius 3 is 2.73 bits per heavy atom. The molecule has 0 radical (unpaired) electrons. The van der Waals surface area contributed by atoms with Crippen LogP contribution in [0.5, 0.6) is 0 Å². The van der Waals surface area contributed by atoms with Crippen LogP contribution in [-0.4, -0.2) is 20.8 Å². The van der Waals surface area contributed by atoms with Crippen LogP contribution in [0.3, 0.4) is 0 Å². The van der Waals surface area contributed by atoms with Crippen molar-refractivity contribution in [3.63, 3.8) is 0 Å². The van der Waals surface area contributed by atoms with Crippen LogP contribution in [0.25, 0.3) is 0 Å². The van der Waals surface area contributed by atoms with Crippen molar-refractivity contribution in [3.8, 4) is 0 Å². The Morgan fingerprint density at radius 2 is 2.13 bits per heavy atom. The molecule has 0 aliphatic carbocycles. The lowest BCUT2D eigenvalue weighted by molar-refractivity contribution is 0.552. The number of pyridine rings is 1. The van der Waals surface area contributed by atoms with Crippen molar-refractivity contribution in [1.29, 1.82) is 0 Å². The molecule has 15 heavy (non-hydrogen) atoms. The van der Waals surface area contributed by atoms with Crippen molar-refractivity contribution in [3.05, 3.63) is 23.5 Å². The molecule has 2 heterocycles. The van der Waals surface area contributed by atoms with E-state index in [2.05, 4.69) is 31.6 Å². The van der Waals surface area contributed by atoms with E-state index in [1.54, 1.807) is 0 Å². The molecule has 2 rings (SSSR count). The molecule has 2 nitrogen and oxygen atoms in total. The molecule has 0 amide bonds. The van der Waals surface area contributed by atoms with E-state index in [0.717, 1.165) is 17.0 Å². The summed E-state index contributed by atoms with van der Waals surface area (Å²) in [7, 11) is -2.08. The topological polar surface area (TPSA) is 30.0 Å². The second-order valence-electron chi connectivity index (χ2n) is 5.16. The zero-order chi connectivity index (χ0) is 11.3. The van der Waals surface area contributed by atoms with Crippen molar-refractivity contribution in [2.24, 2.45) is 0 Å². The minimum Gasteiger partial charge on any atom is -0.263 e. The third-order valence-corrected chi connectivity index (χ3v) is 4.83. The van der Waals surface area contributed by atoms with Gasteiger partial charge in [-0.05, 0) is 33.4 Å². The van der Waals surface area contributed by atoms with Crippen molar-refractivity contribution in [2.75, 3.05) is 5.75 Å². The predicted octanol–water partition coefficient (Wildman–Crippen LogP) is 2.01. The third-order valence-electron chi connectivity index (χ3n) is 2.77. The molecular formula is C12H17NOS. The zero-order valence-electron chi connectivity index (χ0n) is 9.54. The highest BCUT2D eigenvalue weighted by molar-refractivity contribution is 8.00. The van der Waals surface area contributed by atoms with Crippen LogP contribution in [0.15, 0.2) is 17.2 Å². The van der Waals surface area contributed by atoms with Gasteiger partial charge in [-0.2, -0.15) is 0 Å². The van der Waals surface area contributed by atoms with Gasteiger partial charge in [-0.3, -0.25) is 9.19 Å². The van der Waals surface area contributed by atoms with Crippen LogP contribution in [0.1, 0.15) is 32.0 Å². The molecule has 0 saturated carbocycles. The van der Waals surface area contributed by atoms with E-state index in [1.807, 2.05) is 12.3 Å². The summed E-state index contributed by atoms with van der Waals surface area (Å²) in [5, 5.41) is 0. The lowest BCUT2D eigenvalue weighted by Gasteiger charge is -2.21. The summed E-state index contributed by atoms with van der Waals surface area (Å²) >= 11 is 0. The van der Waals surface area contributed by atoms with E-state index in [9.17, 15) is 4.21 Å². The maximum atomic E-state index is 12.3. The summed E-state index contributed by atoms with van der Waals surface area (Å²) in [5.74, 6) is 4.55. The summed E-state index contributed by atoms with van der Waals surface area (Å²) < 4.78 is 12.3. The molecule has 1 unspecified atom stereocenters. The minimum absolute atomic E-state index is 0.0595. The van der Waals surface area contributed by atoms with Gasteiger partial charge >= 0.3 is 0 Å². The molecule has 3 heteroatoms. The van der Waals surface area contributed by atoms with Gasteiger partial charge in [0.2, 0.25) is 0 Å². The van der Waals surface area contributed by atoms with Gasteiger partial charge in [0, 0.05) is 17.4 Å². The Morgan fingerprint density at radius 1 is 1.47 bits per heavy atom. The molecule has 1 aromatic heterocycles. The fourth-order valence-electron chi connectivity index (χ4n) is 2.01. The Balaban J connectivity index is 2.76. The molecule has 1 aliphatic rings. The fraction of sp³-hybridized carbons (Fsp3) is 0.500. The molecule has 0 N–H and O–H groups in total. The SMILES string of the molecule is C=S1(=O)CCc2ccnc(C(C)(C)C)c21. The van der Waals surface area contributed by atoms with Crippen LogP contribution in [-0.2, 0) is 21.4 Å². The van der Waals surface area contributed by atoms with Crippen molar-refractivity contribution < 1.29 is 4.21 Å². The van der Waals surface area contributed by atoms with E-state index in [0.29, 0.717) is 5.75 Å².